The number of hydrogen-bond acceptors (Lipinski definition) is 2. The average Bonchev–Trinajstić information content (AvgIpc) is 2.29. The Hall–Kier alpha value is -0.0800. The van der Waals surface area contributed by atoms with Crippen LogP contribution >= 0.6 is 0 Å². The fourth-order valence-electron chi connectivity index (χ4n) is 2.28. The van der Waals surface area contributed by atoms with Crippen LogP contribution in [0.1, 0.15) is 59.3 Å². The predicted octanol–water partition coefficient (Wildman–Crippen LogP) is 3.61. The van der Waals surface area contributed by atoms with Crippen molar-refractivity contribution in [3.05, 3.63) is 0 Å². The maximum atomic E-state index is 5.86. The van der Waals surface area contributed by atoms with E-state index in [2.05, 4.69) is 26.1 Å². The van der Waals surface area contributed by atoms with E-state index in [1.54, 1.807) is 0 Å². The molecule has 2 unspecified atom stereocenters. The van der Waals surface area contributed by atoms with Gasteiger partial charge in [0.1, 0.15) is 0 Å². The van der Waals surface area contributed by atoms with Gasteiger partial charge in [0.25, 0.3) is 0 Å². The Morgan fingerprint density at radius 3 is 2.59 bits per heavy atom. The minimum Gasteiger partial charge on any atom is -0.380 e. The zero-order chi connectivity index (χ0) is 12.5. The lowest BCUT2D eigenvalue weighted by molar-refractivity contribution is 0.0762. The summed E-state index contributed by atoms with van der Waals surface area (Å²) in [6, 6.07) is 0.543. The van der Waals surface area contributed by atoms with Gasteiger partial charge >= 0.3 is 0 Å². The molecule has 1 N–H and O–H groups in total. The highest BCUT2D eigenvalue weighted by atomic mass is 16.5. The lowest BCUT2D eigenvalue weighted by Gasteiger charge is -2.27. The molecule has 0 aliphatic heterocycles. The van der Waals surface area contributed by atoms with Gasteiger partial charge < -0.3 is 10.1 Å². The van der Waals surface area contributed by atoms with Crippen molar-refractivity contribution in [3.8, 4) is 0 Å². The van der Waals surface area contributed by atoms with Crippen LogP contribution in [0.5, 0.6) is 0 Å². The first-order valence-corrected chi connectivity index (χ1v) is 7.59. The van der Waals surface area contributed by atoms with E-state index in [4.69, 9.17) is 4.74 Å². The molecule has 0 aromatic heterocycles. The molecule has 1 saturated carbocycles. The summed E-state index contributed by atoms with van der Waals surface area (Å²) in [4.78, 5) is 0. The summed E-state index contributed by atoms with van der Waals surface area (Å²) < 4.78 is 5.86. The van der Waals surface area contributed by atoms with Crippen molar-refractivity contribution in [1.82, 2.24) is 5.32 Å². The molecule has 1 fully saturated rings. The summed E-state index contributed by atoms with van der Waals surface area (Å²) in [5.41, 5.74) is 0. The normalized spacial score (nSPS) is 19.9. The Morgan fingerprint density at radius 1 is 1.29 bits per heavy atom. The van der Waals surface area contributed by atoms with Crippen LogP contribution in [0.4, 0.5) is 0 Å². The van der Waals surface area contributed by atoms with Gasteiger partial charge in [-0.05, 0) is 31.2 Å². The Bertz CT molecular complexity index is 180. The highest BCUT2D eigenvalue weighted by Crippen LogP contribution is 2.29. The SMILES string of the molecule is CCCNC(COCCC1CCC1)C(C)CC. The maximum absolute atomic E-state index is 5.86. The average molecular weight is 241 g/mol. The zero-order valence-electron chi connectivity index (χ0n) is 12.0. The Labute approximate surface area is 108 Å². The fourth-order valence-corrected chi connectivity index (χ4v) is 2.28. The fraction of sp³-hybridized carbons (Fsp3) is 1.00. The van der Waals surface area contributed by atoms with Crippen LogP contribution in [-0.2, 0) is 4.74 Å². The molecule has 1 rings (SSSR count). The molecule has 1 aliphatic carbocycles. The van der Waals surface area contributed by atoms with E-state index >= 15 is 0 Å². The van der Waals surface area contributed by atoms with E-state index in [1.165, 1.54) is 38.5 Å². The van der Waals surface area contributed by atoms with E-state index in [0.29, 0.717) is 12.0 Å². The second-order valence-corrected chi connectivity index (χ2v) is 5.61. The summed E-state index contributed by atoms with van der Waals surface area (Å²) >= 11 is 0. The van der Waals surface area contributed by atoms with Gasteiger partial charge in [-0.25, -0.2) is 0 Å². The molecular formula is C15H31NO. The van der Waals surface area contributed by atoms with E-state index in [-0.39, 0.29) is 0 Å². The maximum Gasteiger partial charge on any atom is 0.0622 e. The lowest BCUT2D eigenvalue weighted by Crippen LogP contribution is -2.39. The molecule has 0 spiro atoms. The van der Waals surface area contributed by atoms with Crippen molar-refractivity contribution in [2.24, 2.45) is 11.8 Å². The standard InChI is InChI=1S/C15H31NO/c1-4-10-16-15(13(3)5-2)12-17-11-9-14-7-6-8-14/h13-16H,4-12H2,1-3H3. The number of nitrogens with one attached hydrogen (secondary N) is 1. The molecule has 2 atom stereocenters. The topological polar surface area (TPSA) is 21.3 Å². The first-order chi connectivity index (χ1) is 8.27. The van der Waals surface area contributed by atoms with Crippen molar-refractivity contribution in [3.63, 3.8) is 0 Å². The largest absolute Gasteiger partial charge is 0.380 e. The van der Waals surface area contributed by atoms with Gasteiger partial charge in [-0.3, -0.25) is 0 Å². The molecule has 17 heavy (non-hydrogen) atoms. The predicted molar refractivity (Wildman–Crippen MR) is 74.3 cm³/mol. The van der Waals surface area contributed by atoms with Gasteiger partial charge in [0, 0.05) is 12.6 Å². The highest BCUT2D eigenvalue weighted by molar-refractivity contribution is 4.73. The molecule has 0 radical (unpaired) electrons. The summed E-state index contributed by atoms with van der Waals surface area (Å²) in [5.74, 6) is 1.69. The second kappa shape index (κ2) is 8.93. The van der Waals surface area contributed by atoms with E-state index in [0.717, 1.165) is 25.7 Å². The van der Waals surface area contributed by atoms with Crippen LogP contribution in [-0.4, -0.2) is 25.8 Å². The van der Waals surface area contributed by atoms with Crippen molar-refractivity contribution < 1.29 is 4.74 Å². The molecular weight excluding hydrogens is 210 g/mol. The van der Waals surface area contributed by atoms with Crippen LogP contribution in [0.2, 0.25) is 0 Å². The summed E-state index contributed by atoms with van der Waals surface area (Å²) in [6.45, 7) is 9.77. The number of rotatable bonds is 10. The molecule has 102 valence electrons. The Kier molecular flexibility index (Phi) is 7.87. The molecule has 0 aromatic carbocycles. The molecule has 1 aliphatic rings. The Morgan fingerprint density at radius 2 is 2.06 bits per heavy atom. The third-order valence-electron chi connectivity index (χ3n) is 4.18. The minimum atomic E-state index is 0.543. The minimum absolute atomic E-state index is 0.543. The molecule has 2 nitrogen and oxygen atoms in total. The molecule has 0 heterocycles. The van der Waals surface area contributed by atoms with Crippen molar-refractivity contribution >= 4 is 0 Å². The van der Waals surface area contributed by atoms with Gasteiger partial charge in [-0.2, -0.15) is 0 Å². The smallest absolute Gasteiger partial charge is 0.0622 e. The van der Waals surface area contributed by atoms with Gasteiger partial charge in [0.2, 0.25) is 0 Å². The molecule has 0 bridgehead atoms. The van der Waals surface area contributed by atoms with Gasteiger partial charge in [0.05, 0.1) is 6.61 Å². The second-order valence-electron chi connectivity index (χ2n) is 5.61. The number of ether oxygens (including phenoxy) is 1. The number of hydrogen-bond donors (Lipinski definition) is 1. The highest BCUT2D eigenvalue weighted by Gasteiger charge is 2.18. The van der Waals surface area contributed by atoms with Crippen molar-refractivity contribution in [1.29, 1.82) is 0 Å². The Balaban J connectivity index is 2.08. The van der Waals surface area contributed by atoms with Gasteiger partial charge in [0.15, 0.2) is 0 Å². The first-order valence-electron chi connectivity index (χ1n) is 7.59. The summed E-state index contributed by atoms with van der Waals surface area (Å²) in [6.07, 6.45) is 8.03. The first kappa shape index (κ1) is 15.0. The molecule has 0 saturated heterocycles. The van der Waals surface area contributed by atoms with E-state index in [1.807, 2.05) is 0 Å². The van der Waals surface area contributed by atoms with Gasteiger partial charge in [-0.1, -0.05) is 46.5 Å². The zero-order valence-corrected chi connectivity index (χ0v) is 12.0. The van der Waals surface area contributed by atoms with E-state index < -0.39 is 0 Å². The van der Waals surface area contributed by atoms with Crippen molar-refractivity contribution in [2.75, 3.05) is 19.8 Å². The van der Waals surface area contributed by atoms with Gasteiger partial charge in [-0.15, -0.1) is 0 Å². The molecule has 0 aromatic rings. The van der Waals surface area contributed by atoms with Crippen LogP contribution < -0.4 is 5.32 Å². The van der Waals surface area contributed by atoms with Crippen LogP contribution in [0.3, 0.4) is 0 Å². The van der Waals surface area contributed by atoms with E-state index in [9.17, 15) is 0 Å². The quantitative estimate of drug-likeness (QED) is 0.590. The van der Waals surface area contributed by atoms with Crippen LogP contribution in [0.15, 0.2) is 0 Å². The van der Waals surface area contributed by atoms with Crippen molar-refractivity contribution in [2.45, 2.75) is 65.3 Å². The molecule has 0 amide bonds. The third-order valence-corrected chi connectivity index (χ3v) is 4.18. The summed E-state index contributed by atoms with van der Waals surface area (Å²) in [5, 5.41) is 3.61. The third kappa shape index (κ3) is 5.87. The summed E-state index contributed by atoms with van der Waals surface area (Å²) in [7, 11) is 0. The lowest BCUT2D eigenvalue weighted by atomic mass is 9.83. The van der Waals surface area contributed by atoms with Crippen LogP contribution in [0.25, 0.3) is 0 Å². The van der Waals surface area contributed by atoms with Crippen LogP contribution in [0, 0.1) is 11.8 Å². The monoisotopic (exact) mass is 241 g/mol. The molecule has 2 heteroatoms.